The lowest BCUT2D eigenvalue weighted by Gasteiger charge is -2.41. The Morgan fingerprint density at radius 1 is 1.30 bits per heavy atom. The third-order valence-corrected chi connectivity index (χ3v) is 5.48. The summed E-state index contributed by atoms with van der Waals surface area (Å²) in [5.41, 5.74) is 3.30. The van der Waals surface area contributed by atoms with E-state index in [0.717, 1.165) is 39.1 Å². The molecule has 20 heavy (non-hydrogen) atoms. The van der Waals surface area contributed by atoms with Gasteiger partial charge in [-0.2, -0.15) is 0 Å². The molecular weight excluding hydrogens is 250 g/mol. The molecular formula is C16H33N3O. The average molecular weight is 283 g/mol. The molecule has 1 saturated carbocycles. The summed E-state index contributed by atoms with van der Waals surface area (Å²) in [5.74, 6) is 6.53. The van der Waals surface area contributed by atoms with Gasteiger partial charge in [0.15, 0.2) is 0 Å². The normalized spacial score (nSPS) is 27.3. The molecule has 2 aliphatic rings. The van der Waals surface area contributed by atoms with Gasteiger partial charge in [0.1, 0.15) is 0 Å². The van der Waals surface area contributed by atoms with Gasteiger partial charge in [-0.05, 0) is 57.7 Å². The first-order chi connectivity index (χ1) is 9.73. The molecule has 0 radical (unpaired) electrons. The van der Waals surface area contributed by atoms with E-state index in [4.69, 9.17) is 10.6 Å². The van der Waals surface area contributed by atoms with Crippen LogP contribution in [-0.4, -0.2) is 42.8 Å². The minimum Gasteiger partial charge on any atom is -0.375 e. The maximum Gasteiger partial charge on any atom is 0.0685 e. The van der Waals surface area contributed by atoms with Crippen molar-refractivity contribution in [3.63, 3.8) is 0 Å². The molecule has 4 nitrogen and oxygen atoms in total. The van der Waals surface area contributed by atoms with Crippen molar-refractivity contribution in [2.75, 3.05) is 26.2 Å². The number of nitrogens with one attached hydrogen (secondary N) is 1. The van der Waals surface area contributed by atoms with Crippen LogP contribution in [0.5, 0.6) is 0 Å². The average Bonchev–Trinajstić information content (AvgIpc) is 2.92. The monoisotopic (exact) mass is 283 g/mol. The molecule has 0 bridgehead atoms. The van der Waals surface area contributed by atoms with Crippen LogP contribution in [0.1, 0.15) is 58.8 Å². The number of hydrazine groups is 1. The van der Waals surface area contributed by atoms with Crippen molar-refractivity contribution >= 4 is 0 Å². The van der Waals surface area contributed by atoms with Crippen LogP contribution in [0, 0.1) is 5.92 Å². The molecule has 4 heteroatoms. The van der Waals surface area contributed by atoms with Crippen LogP contribution < -0.4 is 11.3 Å². The van der Waals surface area contributed by atoms with Gasteiger partial charge in [-0.3, -0.25) is 11.3 Å². The van der Waals surface area contributed by atoms with E-state index < -0.39 is 0 Å². The van der Waals surface area contributed by atoms with Crippen LogP contribution >= 0.6 is 0 Å². The first-order valence-electron chi connectivity index (χ1n) is 8.55. The molecule has 0 aromatic rings. The van der Waals surface area contributed by atoms with E-state index in [1.807, 2.05) is 0 Å². The summed E-state index contributed by atoms with van der Waals surface area (Å²) in [4.78, 5) is 2.48. The van der Waals surface area contributed by atoms with E-state index in [1.165, 1.54) is 32.1 Å². The lowest BCUT2D eigenvalue weighted by molar-refractivity contribution is -0.0985. The molecule has 1 heterocycles. The molecule has 1 aliphatic heterocycles. The summed E-state index contributed by atoms with van der Waals surface area (Å²) in [5, 5.41) is 0. The van der Waals surface area contributed by atoms with Crippen LogP contribution in [0.2, 0.25) is 0 Å². The predicted molar refractivity (Wildman–Crippen MR) is 83.4 cm³/mol. The van der Waals surface area contributed by atoms with Crippen molar-refractivity contribution in [2.24, 2.45) is 11.8 Å². The van der Waals surface area contributed by atoms with Crippen LogP contribution in [0.25, 0.3) is 0 Å². The van der Waals surface area contributed by atoms with Crippen molar-refractivity contribution in [3.05, 3.63) is 0 Å². The van der Waals surface area contributed by atoms with Gasteiger partial charge >= 0.3 is 0 Å². The van der Waals surface area contributed by atoms with E-state index in [-0.39, 0.29) is 5.60 Å². The van der Waals surface area contributed by atoms with Crippen molar-refractivity contribution < 1.29 is 4.74 Å². The van der Waals surface area contributed by atoms with Gasteiger partial charge in [-0.25, -0.2) is 0 Å². The number of hydrogen-bond acceptors (Lipinski definition) is 4. The maximum atomic E-state index is 6.14. The quantitative estimate of drug-likeness (QED) is 0.556. The summed E-state index contributed by atoms with van der Waals surface area (Å²) in [6.45, 7) is 8.80. The Hall–Kier alpha value is -0.160. The molecule has 3 N–H and O–H groups in total. The molecule has 118 valence electrons. The fourth-order valence-corrected chi connectivity index (χ4v) is 4.09. The number of ether oxygens (including phenoxy) is 1. The van der Waals surface area contributed by atoms with Gasteiger partial charge in [-0.1, -0.05) is 26.7 Å². The highest BCUT2D eigenvalue weighted by atomic mass is 16.5. The summed E-state index contributed by atoms with van der Waals surface area (Å²) in [6, 6.07) is 0.442. The SMILES string of the molecule is CCN(CC)CCC(NN)C1CCOC2(CCCC2)C1. The van der Waals surface area contributed by atoms with Crippen molar-refractivity contribution in [2.45, 2.75) is 70.4 Å². The zero-order chi connectivity index (χ0) is 14.4. The molecule has 1 spiro atoms. The van der Waals surface area contributed by atoms with E-state index in [1.54, 1.807) is 0 Å². The number of rotatable bonds is 7. The highest BCUT2D eigenvalue weighted by Crippen LogP contribution is 2.43. The molecule has 1 saturated heterocycles. The van der Waals surface area contributed by atoms with Crippen molar-refractivity contribution in [1.29, 1.82) is 0 Å². The molecule has 0 amide bonds. The molecule has 1 aliphatic carbocycles. The minimum absolute atomic E-state index is 0.202. The zero-order valence-corrected chi connectivity index (χ0v) is 13.4. The van der Waals surface area contributed by atoms with Gasteiger partial charge in [-0.15, -0.1) is 0 Å². The molecule has 2 rings (SSSR count). The van der Waals surface area contributed by atoms with Gasteiger partial charge in [0, 0.05) is 12.6 Å². The van der Waals surface area contributed by atoms with Gasteiger partial charge in [0.05, 0.1) is 5.60 Å². The lowest BCUT2D eigenvalue weighted by Crippen LogP contribution is -2.49. The summed E-state index contributed by atoms with van der Waals surface area (Å²) < 4.78 is 6.14. The van der Waals surface area contributed by atoms with E-state index in [9.17, 15) is 0 Å². The Balaban J connectivity index is 1.86. The van der Waals surface area contributed by atoms with Gasteiger partial charge in [0.2, 0.25) is 0 Å². The molecule has 0 aromatic heterocycles. The van der Waals surface area contributed by atoms with Crippen molar-refractivity contribution in [1.82, 2.24) is 10.3 Å². The Labute approximate surface area is 124 Å². The van der Waals surface area contributed by atoms with Gasteiger partial charge < -0.3 is 9.64 Å². The first-order valence-corrected chi connectivity index (χ1v) is 8.55. The third kappa shape index (κ3) is 3.94. The van der Waals surface area contributed by atoms with Crippen LogP contribution in [0.15, 0.2) is 0 Å². The zero-order valence-electron chi connectivity index (χ0n) is 13.4. The second kappa shape index (κ2) is 7.74. The van der Waals surface area contributed by atoms with E-state index in [2.05, 4.69) is 24.2 Å². The molecule has 2 unspecified atom stereocenters. The Morgan fingerprint density at radius 2 is 2.00 bits per heavy atom. The Kier molecular flexibility index (Phi) is 6.27. The molecule has 2 atom stereocenters. The summed E-state index contributed by atoms with van der Waals surface area (Å²) in [7, 11) is 0. The Morgan fingerprint density at radius 3 is 2.60 bits per heavy atom. The van der Waals surface area contributed by atoms with E-state index >= 15 is 0 Å². The van der Waals surface area contributed by atoms with Crippen LogP contribution in [0.3, 0.4) is 0 Å². The highest BCUT2D eigenvalue weighted by molar-refractivity contribution is 4.94. The molecule has 2 fully saturated rings. The summed E-state index contributed by atoms with van der Waals surface area (Å²) >= 11 is 0. The first kappa shape index (κ1) is 16.2. The third-order valence-electron chi connectivity index (χ3n) is 5.48. The number of nitrogens with two attached hydrogens (primary N) is 1. The molecule has 0 aromatic carbocycles. The largest absolute Gasteiger partial charge is 0.375 e. The second-order valence-electron chi connectivity index (χ2n) is 6.58. The van der Waals surface area contributed by atoms with Crippen LogP contribution in [-0.2, 0) is 4.74 Å². The lowest BCUT2D eigenvalue weighted by atomic mass is 9.80. The van der Waals surface area contributed by atoms with Crippen LogP contribution in [0.4, 0.5) is 0 Å². The van der Waals surface area contributed by atoms with Gasteiger partial charge in [0.25, 0.3) is 0 Å². The fraction of sp³-hybridized carbons (Fsp3) is 1.00. The highest BCUT2D eigenvalue weighted by Gasteiger charge is 2.41. The standard InChI is InChI=1S/C16H33N3O/c1-3-19(4-2)11-7-15(18-17)14-8-12-20-16(13-14)9-5-6-10-16/h14-15,18H,3-13,17H2,1-2H3. The second-order valence-corrected chi connectivity index (χ2v) is 6.58. The number of nitrogens with zero attached hydrogens (tertiary/aromatic N) is 1. The smallest absolute Gasteiger partial charge is 0.0685 e. The summed E-state index contributed by atoms with van der Waals surface area (Å²) in [6.07, 6.45) is 8.72. The topological polar surface area (TPSA) is 50.5 Å². The maximum absolute atomic E-state index is 6.14. The Bertz CT molecular complexity index is 275. The number of hydrogen-bond donors (Lipinski definition) is 2. The predicted octanol–water partition coefficient (Wildman–Crippen LogP) is 2.29. The van der Waals surface area contributed by atoms with Crippen molar-refractivity contribution in [3.8, 4) is 0 Å². The van der Waals surface area contributed by atoms with E-state index in [0.29, 0.717) is 12.0 Å². The fourth-order valence-electron chi connectivity index (χ4n) is 4.09. The minimum atomic E-state index is 0.202.